The predicted molar refractivity (Wildman–Crippen MR) is 174 cm³/mol. The summed E-state index contributed by atoms with van der Waals surface area (Å²) in [7, 11) is 0. The highest BCUT2D eigenvalue weighted by molar-refractivity contribution is 6.12. The van der Waals surface area contributed by atoms with Gasteiger partial charge in [0.1, 0.15) is 5.82 Å². The van der Waals surface area contributed by atoms with Crippen LogP contribution in [0.2, 0.25) is 0 Å². The lowest BCUT2D eigenvalue weighted by Crippen LogP contribution is -2.27. The van der Waals surface area contributed by atoms with E-state index in [0.717, 1.165) is 36.0 Å². The predicted octanol–water partition coefficient (Wildman–Crippen LogP) is 6.47. The summed E-state index contributed by atoms with van der Waals surface area (Å²) >= 11 is 0. The highest BCUT2D eigenvalue weighted by Crippen LogP contribution is 2.47. The maximum Gasteiger partial charge on any atom is 0.340 e. The van der Waals surface area contributed by atoms with Crippen LogP contribution in [0.1, 0.15) is 97.4 Å². The van der Waals surface area contributed by atoms with Crippen LogP contribution in [-0.2, 0) is 24.0 Å². The van der Waals surface area contributed by atoms with E-state index in [1.54, 1.807) is 24.0 Å². The molecular formula is C37H33FN4O6. The lowest BCUT2D eigenvalue weighted by molar-refractivity contribution is -0.384. The third-order valence-corrected chi connectivity index (χ3v) is 9.55. The molecule has 0 radical (unpaired) electrons. The summed E-state index contributed by atoms with van der Waals surface area (Å²) < 4.78 is 19.1. The number of nitro benzene ring substituents is 1. The van der Waals surface area contributed by atoms with Gasteiger partial charge in [-0.05, 0) is 86.4 Å². The smallest absolute Gasteiger partial charge is 0.340 e. The van der Waals surface area contributed by atoms with Crippen molar-refractivity contribution in [3.63, 3.8) is 0 Å². The van der Waals surface area contributed by atoms with Crippen LogP contribution < -0.4 is 5.32 Å². The van der Waals surface area contributed by atoms with Crippen LogP contribution in [0.5, 0.6) is 0 Å². The quantitative estimate of drug-likeness (QED) is 0.125. The molecule has 3 heterocycles. The number of nitro groups is 1. The van der Waals surface area contributed by atoms with Crippen molar-refractivity contribution in [2.75, 3.05) is 13.2 Å². The zero-order chi connectivity index (χ0) is 33.5. The van der Waals surface area contributed by atoms with Crippen LogP contribution >= 0.6 is 0 Å². The molecule has 7 rings (SSSR count). The Kier molecular flexibility index (Phi) is 8.20. The lowest BCUT2D eigenvalue weighted by Gasteiger charge is -2.19. The van der Waals surface area contributed by atoms with Crippen molar-refractivity contribution in [2.24, 2.45) is 0 Å². The highest BCUT2D eigenvalue weighted by Gasteiger charge is 2.45. The minimum Gasteiger partial charge on any atom is -0.462 e. The van der Waals surface area contributed by atoms with E-state index in [9.17, 15) is 28.9 Å². The number of rotatable bonds is 9. The highest BCUT2D eigenvalue weighted by atomic mass is 19.1. The van der Waals surface area contributed by atoms with Gasteiger partial charge in [0.15, 0.2) is 0 Å². The lowest BCUT2D eigenvalue weighted by atomic mass is 9.88. The molecule has 1 saturated heterocycles. The van der Waals surface area contributed by atoms with Crippen molar-refractivity contribution in [3.05, 3.63) is 127 Å². The third-order valence-electron chi connectivity index (χ3n) is 9.55. The van der Waals surface area contributed by atoms with E-state index in [2.05, 4.69) is 5.32 Å². The summed E-state index contributed by atoms with van der Waals surface area (Å²) in [6.07, 6.45) is 3.63. The van der Waals surface area contributed by atoms with Gasteiger partial charge in [-0.1, -0.05) is 36.4 Å². The Morgan fingerprint density at radius 2 is 1.85 bits per heavy atom. The summed E-state index contributed by atoms with van der Waals surface area (Å²) in [6, 6.07) is 17.4. The first-order valence-electron chi connectivity index (χ1n) is 16.2. The Labute approximate surface area is 276 Å². The zero-order valence-corrected chi connectivity index (χ0v) is 26.3. The number of fused-ring (bicyclic) bond motifs is 4. The van der Waals surface area contributed by atoms with E-state index in [1.165, 1.54) is 30.3 Å². The molecule has 2 amide bonds. The van der Waals surface area contributed by atoms with Crippen LogP contribution in [0.15, 0.2) is 66.7 Å². The van der Waals surface area contributed by atoms with Crippen molar-refractivity contribution in [3.8, 4) is 11.1 Å². The van der Waals surface area contributed by atoms with Crippen molar-refractivity contribution >= 4 is 23.5 Å². The Hall–Kier alpha value is -5.45. The number of esters is 1. The monoisotopic (exact) mass is 648 g/mol. The van der Waals surface area contributed by atoms with Crippen molar-refractivity contribution in [2.45, 2.75) is 57.5 Å². The maximum absolute atomic E-state index is 13.9. The molecule has 48 heavy (non-hydrogen) atoms. The number of aryl methyl sites for hydroxylation is 3. The third kappa shape index (κ3) is 5.48. The average Bonchev–Trinajstić information content (AvgIpc) is 3.80. The SMILES string of the molecule is CCOC(=O)c1c(CCc2ccc(F)cc2)nc2c(c1-c1ccc(C(=O)N[C@H]3CCc4ccccc43)cc1[N+](=O)[O-])C(=O)N1CCC[C@@H]21. The van der Waals surface area contributed by atoms with Crippen molar-refractivity contribution < 1.29 is 28.4 Å². The molecule has 0 saturated carbocycles. The molecule has 2 aliphatic heterocycles. The van der Waals surface area contributed by atoms with Gasteiger partial charge in [0.05, 0.1) is 51.7 Å². The number of hydrogen-bond donors (Lipinski definition) is 1. The molecular weight excluding hydrogens is 615 g/mol. The second kappa shape index (κ2) is 12.6. The van der Waals surface area contributed by atoms with Crippen molar-refractivity contribution in [1.82, 2.24) is 15.2 Å². The standard InChI is InChI=1S/C37H33FN4O6/c1-2-48-37(45)32-28(17-11-21-9-14-24(38)15-10-21)39-34-29-8-5-19-41(29)36(44)33(34)31(32)26-16-12-23(20-30(26)42(46)47)35(43)40-27-18-13-22-6-3-4-7-25(22)27/h3-4,6-7,9-10,12,14-16,20,27,29H,2,5,8,11,13,17-19H2,1H3,(H,40,43)/t27-,29-/m0/s1. The molecule has 2 atom stereocenters. The van der Waals surface area contributed by atoms with Crippen LogP contribution in [0.4, 0.5) is 10.1 Å². The van der Waals surface area contributed by atoms with Crippen LogP contribution in [0.25, 0.3) is 11.1 Å². The van der Waals surface area contributed by atoms with E-state index in [0.29, 0.717) is 30.8 Å². The molecule has 11 heteroatoms. The molecule has 3 aromatic carbocycles. The minimum absolute atomic E-state index is 0.0184. The van der Waals surface area contributed by atoms with E-state index in [-0.39, 0.29) is 64.7 Å². The van der Waals surface area contributed by atoms with Gasteiger partial charge in [0, 0.05) is 23.7 Å². The Balaban J connectivity index is 1.35. The van der Waals surface area contributed by atoms with E-state index in [4.69, 9.17) is 9.72 Å². The van der Waals surface area contributed by atoms with Crippen LogP contribution in [-0.4, -0.2) is 45.7 Å². The number of nitrogens with zero attached hydrogens (tertiary/aromatic N) is 3. The Morgan fingerprint density at radius 1 is 1.06 bits per heavy atom. The number of halogens is 1. The largest absolute Gasteiger partial charge is 0.462 e. The minimum atomic E-state index is -0.757. The fourth-order valence-corrected chi connectivity index (χ4v) is 7.32. The summed E-state index contributed by atoms with van der Waals surface area (Å²) in [5.41, 5.74) is 3.72. The first kappa shape index (κ1) is 31.2. The van der Waals surface area contributed by atoms with Crippen molar-refractivity contribution in [1.29, 1.82) is 0 Å². The number of ether oxygens (including phenoxy) is 1. The maximum atomic E-state index is 13.9. The van der Waals surface area contributed by atoms with E-state index in [1.807, 2.05) is 24.3 Å². The molecule has 0 unspecified atom stereocenters. The fourth-order valence-electron chi connectivity index (χ4n) is 7.32. The fraction of sp³-hybridized carbons (Fsp3) is 0.297. The molecule has 0 spiro atoms. The van der Waals surface area contributed by atoms with Gasteiger partial charge < -0.3 is 15.0 Å². The Bertz CT molecular complexity index is 1980. The molecule has 1 aromatic heterocycles. The molecule has 1 N–H and O–H groups in total. The molecule has 1 aliphatic carbocycles. The van der Waals surface area contributed by atoms with Gasteiger partial charge in [-0.3, -0.25) is 24.7 Å². The van der Waals surface area contributed by atoms with E-state index < -0.39 is 22.5 Å². The summed E-state index contributed by atoms with van der Waals surface area (Å²) in [5.74, 6) is -1.94. The van der Waals surface area contributed by atoms with Gasteiger partial charge in [-0.25, -0.2) is 9.18 Å². The molecule has 0 bridgehead atoms. The normalized spacial score (nSPS) is 17.5. The number of pyridine rings is 1. The summed E-state index contributed by atoms with van der Waals surface area (Å²) in [4.78, 5) is 59.8. The van der Waals surface area contributed by atoms with E-state index >= 15 is 0 Å². The molecule has 244 valence electrons. The molecule has 10 nitrogen and oxygen atoms in total. The van der Waals surface area contributed by atoms with Gasteiger partial charge in [-0.15, -0.1) is 0 Å². The topological polar surface area (TPSA) is 132 Å². The first-order valence-corrected chi connectivity index (χ1v) is 16.2. The number of benzene rings is 3. The second-order valence-electron chi connectivity index (χ2n) is 12.3. The van der Waals surface area contributed by atoms with Gasteiger partial charge in [0.2, 0.25) is 0 Å². The molecule has 1 fully saturated rings. The van der Waals surface area contributed by atoms with Gasteiger partial charge in [-0.2, -0.15) is 0 Å². The number of carbonyl (C=O) groups excluding carboxylic acids is 3. The number of amides is 2. The number of carbonyl (C=O) groups is 3. The second-order valence-corrected chi connectivity index (χ2v) is 12.3. The van der Waals surface area contributed by atoms with Gasteiger partial charge in [0.25, 0.3) is 17.5 Å². The van der Waals surface area contributed by atoms with Gasteiger partial charge >= 0.3 is 5.97 Å². The summed E-state index contributed by atoms with van der Waals surface area (Å²) in [6.45, 7) is 2.18. The molecule has 4 aromatic rings. The van der Waals surface area contributed by atoms with Crippen LogP contribution in [0.3, 0.4) is 0 Å². The number of hydrogen-bond acceptors (Lipinski definition) is 7. The average molecular weight is 649 g/mol. The first-order chi connectivity index (χ1) is 23.2. The Morgan fingerprint density at radius 3 is 2.62 bits per heavy atom. The number of nitrogens with one attached hydrogen (secondary N) is 1. The molecule has 3 aliphatic rings. The zero-order valence-electron chi connectivity index (χ0n) is 26.3. The number of aromatic nitrogens is 1. The summed E-state index contributed by atoms with van der Waals surface area (Å²) in [5, 5.41) is 15.7. The van der Waals surface area contributed by atoms with Crippen LogP contribution in [0, 0.1) is 15.9 Å².